The lowest BCUT2D eigenvalue weighted by molar-refractivity contribution is 0.558. The number of halogens is 3. The van der Waals surface area contributed by atoms with Gasteiger partial charge in [-0.15, -0.1) is 11.3 Å². The summed E-state index contributed by atoms with van der Waals surface area (Å²) in [5.74, 6) is 0. The molecule has 20 heavy (non-hydrogen) atoms. The number of nitrogens with one attached hydrogen (secondary N) is 1. The predicted molar refractivity (Wildman–Crippen MR) is 96.0 cm³/mol. The monoisotopic (exact) mass is 435 g/mol. The summed E-state index contributed by atoms with van der Waals surface area (Å²) in [6.07, 6.45) is 0.895. The molecule has 5 heteroatoms. The minimum absolute atomic E-state index is 0.300. The molecule has 0 aliphatic heterocycles. The van der Waals surface area contributed by atoms with Gasteiger partial charge in [0.2, 0.25) is 0 Å². The fraction of sp³-hybridized carbons (Fsp3) is 0.333. The Bertz CT molecular complexity index is 578. The Balaban J connectivity index is 2.25. The summed E-state index contributed by atoms with van der Waals surface area (Å²) < 4.78 is 2.22. The summed E-state index contributed by atoms with van der Waals surface area (Å²) >= 11 is 15.2. The minimum atomic E-state index is 0.300. The van der Waals surface area contributed by atoms with Gasteiger partial charge >= 0.3 is 0 Å². The third-order valence-electron chi connectivity index (χ3n) is 3.11. The molecule has 1 N–H and O–H groups in total. The van der Waals surface area contributed by atoms with E-state index in [-0.39, 0.29) is 0 Å². The highest BCUT2D eigenvalue weighted by Gasteiger charge is 2.16. The molecule has 1 aromatic carbocycles. The van der Waals surface area contributed by atoms with E-state index in [9.17, 15) is 0 Å². The molecule has 1 aromatic heterocycles. The van der Waals surface area contributed by atoms with E-state index >= 15 is 0 Å². The minimum Gasteiger partial charge on any atom is -0.309 e. The van der Waals surface area contributed by atoms with Gasteiger partial charge in [-0.1, -0.05) is 40.5 Å². The molecule has 0 spiro atoms. The summed E-state index contributed by atoms with van der Waals surface area (Å²) in [6, 6.07) is 8.63. The first-order chi connectivity index (χ1) is 9.51. The van der Waals surface area contributed by atoms with Gasteiger partial charge < -0.3 is 5.32 Å². The van der Waals surface area contributed by atoms with Crippen molar-refractivity contribution in [1.29, 1.82) is 0 Å². The number of benzene rings is 1. The largest absolute Gasteiger partial charge is 0.309 e. The number of aryl methyl sites for hydroxylation is 1. The summed E-state index contributed by atoms with van der Waals surface area (Å²) in [6.45, 7) is 5.19. The Morgan fingerprint density at radius 3 is 2.60 bits per heavy atom. The molecule has 1 heterocycles. The van der Waals surface area contributed by atoms with Crippen molar-refractivity contribution in [3.8, 4) is 0 Å². The van der Waals surface area contributed by atoms with E-state index < -0.39 is 0 Å². The molecule has 2 rings (SSSR count). The van der Waals surface area contributed by atoms with Crippen molar-refractivity contribution in [1.82, 2.24) is 5.32 Å². The SMILES string of the molecule is CCNC(Cc1ccc(Br)cc1Cl)c1cc(C)c(Br)s1. The summed E-state index contributed by atoms with van der Waals surface area (Å²) in [4.78, 5) is 1.34. The zero-order valence-electron chi connectivity index (χ0n) is 11.3. The molecule has 0 aliphatic carbocycles. The van der Waals surface area contributed by atoms with Gasteiger partial charge in [-0.3, -0.25) is 0 Å². The van der Waals surface area contributed by atoms with Crippen molar-refractivity contribution in [3.05, 3.63) is 53.6 Å². The molecule has 0 aliphatic rings. The highest BCUT2D eigenvalue weighted by Crippen LogP contribution is 2.34. The lowest BCUT2D eigenvalue weighted by atomic mass is 10.0. The van der Waals surface area contributed by atoms with Gasteiger partial charge in [-0.2, -0.15) is 0 Å². The summed E-state index contributed by atoms with van der Waals surface area (Å²) in [5, 5.41) is 4.36. The van der Waals surface area contributed by atoms with E-state index in [0.29, 0.717) is 6.04 Å². The van der Waals surface area contributed by atoms with E-state index in [1.54, 1.807) is 11.3 Å². The van der Waals surface area contributed by atoms with Crippen molar-refractivity contribution in [2.75, 3.05) is 6.54 Å². The first-order valence-corrected chi connectivity index (χ1v) is 9.22. The van der Waals surface area contributed by atoms with Crippen LogP contribution in [0, 0.1) is 6.92 Å². The van der Waals surface area contributed by atoms with E-state index in [2.05, 4.69) is 63.2 Å². The summed E-state index contributed by atoms with van der Waals surface area (Å²) in [5.41, 5.74) is 2.46. The van der Waals surface area contributed by atoms with Crippen LogP contribution >= 0.6 is 54.8 Å². The second kappa shape index (κ2) is 7.41. The molecular formula is C15H16Br2ClNS. The van der Waals surface area contributed by atoms with Crippen LogP contribution in [0.15, 0.2) is 32.5 Å². The quantitative estimate of drug-likeness (QED) is 0.593. The van der Waals surface area contributed by atoms with E-state index in [1.165, 1.54) is 19.8 Å². The van der Waals surface area contributed by atoms with E-state index in [1.807, 2.05) is 12.1 Å². The third kappa shape index (κ3) is 4.08. The van der Waals surface area contributed by atoms with Crippen LogP contribution in [0.1, 0.15) is 29.0 Å². The average molecular weight is 438 g/mol. The normalized spacial score (nSPS) is 12.7. The smallest absolute Gasteiger partial charge is 0.0731 e. The maximum Gasteiger partial charge on any atom is 0.0731 e. The zero-order chi connectivity index (χ0) is 14.7. The number of thiophene rings is 1. The summed E-state index contributed by atoms with van der Waals surface area (Å²) in [7, 11) is 0. The Morgan fingerprint density at radius 1 is 1.30 bits per heavy atom. The van der Waals surface area contributed by atoms with Gasteiger partial charge in [0.15, 0.2) is 0 Å². The second-order valence-electron chi connectivity index (χ2n) is 4.66. The lowest BCUT2D eigenvalue weighted by Crippen LogP contribution is -2.22. The fourth-order valence-corrected chi connectivity index (χ4v) is 4.48. The van der Waals surface area contributed by atoms with Crippen LogP contribution in [0.3, 0.4) is 0 Å². The molecular weight excluding hydrogens is 422 g/mol. The number of rotatable bonds is 5. The zero-order valence-corrected chi connectivity index (χ0v) is 16.1. The van der Waals surface area contributed by atoms with Crippen molar-refractivity contribution in [3.63, 3.8) is 0 Å². The Hall–Kier alpha value is 0.130. The van der Waals surface area contributed by atoms with Crippen LogP contribution in [0.5, 0.6) is 0 Å². The molecule has 0 fully saturated rings. The van der Waals surface area contributed by atoms with Gasteiger partial charge in [-0.25, -0.2) is 0 Å². The third-order valence-corrected chi connectivity index (χ3v) is 6.20. The van der Waals surface area contributed by atoms with Crippen LogP contribution < -0.4 is 5.32 Å². The van der Waals surface area contributed by atoms with Crippen LogP contribution in [0.4, 0.5) is 0 Å². The maximum absolute atomic E-state index is 6.33. The molecule has 1 nitrogen and oxygen atoms in total. The van der Waals surface area contributed by atoms with Gasteiger partial charge in [0.1, 0.15) is 0 Å². The maximum atomic E-state index is 6.33. The molecule has 0 amide bonds. The van der Waals surface area contributed by atoms with E-state index in [0.717, 1.165) is 22.5 Å². The first kappa shape index (κ1) is 16.5. The Labute approximate surface area is 146 Å². The number of hydrogen-bond donors (Lipinski definition) is 1. The fourth-order valence-electron chi connectivity index (χ4n) is 2.08. The molecule has 0 saturated carbocycles. The Kier molecular flexibility index (Phi) is 6.11. The molecule has 1 unspecified atom stereocenters. The van der Waals surface area contributed by atoms with Gasteiger partial charge in [0, 0.05) is 20.4 Å². The topological polar surface area (TPSA) is 12.0 Å². The van der Waals surface area contributed by atoms with Gasteiger partial charge in [-0.05, 0) is 65.1 Å². The number of hydrogen-bond acceptors (Lipinski definition) is 2. The van der Waals surface area contributed by atoms with Gasteiger partial charge in [0.05, 0.1) is 3.79 Å². The molecule has 0 radical (unpaired) electrons. The van der Waals surface area contributed by atoms with Crippen LogP contribution in [0.2, 0.25) is 5.02 Å². The first-order valence-electron chi connectivity index (χ1n) is 6.44. The lowest BCUT2D eigenvalue weighted by Gasteiger charge is -2.17. The molecule has 2 aromatic rings. The van der Waals surface area contributed by atoms with E-state index in [4.69, 9.17) is 11.6 Å². The molecule has 1 atom stereocenters. The molecule has 108 valence electrons. The molecule has 0 saturated heterocycles. The average Bonchev–Trinajstić information content (AvgIpc) is 2.72. The van der Waals surface area contributed by atoms with Crippen molar-refractivity contribution in [2.24, 2.45) is 0 Å². The van der Waals surface area contributed by atoms with Crippen LogP contribution in [-0.4, -0.2) is 6.54 Å². The molecule has 0 bridgehead atoms. The standard InChI is InChI=1S/C15H16Br2ClNS/c1-3-19-13(14-6-9(2)15(17)20-14)7-10-4-5-11(16)8-12(10)18/h4-6,8,13,19H,3,7H2,1-2H3. The second-order valence-corrected chi connectivity index (χ2v) is 8.38. The predicted octanol–water partition coefficient (Wildman–Crippen LogP) is 6.13. The van der Waals surface area contributed by atoms with Crippen molar-refractivity contribution < 1.29 is 0 Å². The number of likely N-dealkylation sites (N-methyl/N-ethyl adjacent to an activating group) is 1. The van der Waals surface area contributed by atoms with Crippen molar-refractivity contribution >= 4 is 54.8 Å². The van der Waals surface area contributed by atoms with Crippen LogP contribution in [0.25, 0.3) is 0 Å². The highest BCUT2D eigenvalue weighted by atomic mass is 79.9. The Morgan fingerprint density at radius 2 is 2.05 bits per heavy atom. The van der Waals surface area contributed by atoms with Crippen molar-refractivity contribution in [2.45, 2.75) is 26.3 Å². The van der Waals surface area contributed by atoms with Crippen LogP contribution in [-0.2, 0) is 6.42 Å². The highest BCUT2D eigenvalue weighted by molar-refractivity contribution is 9.11. The van der Waals surface area contributed by atoms with Gasteiger partial charge in [0.25, 0.3) is 0 Å².